The van der Waals surface area contributed by atoms with Gasteiger partial charge in [-0.15, -0.1) is 0 Å². The van der Waals surface area contributed by atoms with E-state index in [2.05, 4.69) is 31.3 Å². The number of esters is 10. The van der Waals surface area contributed by atoms with Gasteiger partial charge in [0.2, 0.25) is 64.4 Å². The average Bonchev–Trinajstić information content (AvgIpc) is 0.768. The zero-order valence-electron chi connectivity index (χ0n) is 75.6. The molecule has 3 fully saturated rings. The Hall–Kier alpha value is -10.2. The van der Waals surface area contributed by atoms with Crippen molar-refractivity contribution in [3.05, 3.63) is 29.1 Å². The molecular formula is C83H120F5N5O39. The maximum atomic E-state index is 14.5. The van der Waals surface area contributed by atoms with Crippen molar-refractivity contribution < 1.29 is 208 Å². The zero-order chi connectivity index (χ0) is 98.2. The Kier molecular flexibility index (Phi) is 52.6. The van der Waals surface area contributed by atoms with Crippen molar-refractivity contribution in [3.63, 3.8) is 0 Å². The molecule has 0 aliphatic carbocycles. The Morgan fingerprint density at radius 3 is 0.924 bits per heavy atom. The number of carbonyl (C=O) groups is 17. The van der Waals surface area contributed by atoms with Crippen molar-refractivity contribution in [2.45, 2.75) is 264 Å². The molecule has 3 aliphatic rings. The van der Waals surface area contributed by atoms with Crippen LogP contribution in [0, 0.1) is 29.1 Å². The first-order valence-corrected chi connectivity index (χ1v) is 42.4. The molecule has 746 valence electrons. The molecule has 1 aromatic rings. The molecule has 3 aliphatic heterocycles. The van der Waals surface area contributed by atoms with E-state index in [9.17, 15) is 103 Å². The van der Waals surface area contributed by atoms with E-state index in [4.69, 9.17) is 99.5 Å². The number of nitrogens with one attached hydrogen (secondary N) is 5. The molecule has 1 aromatic carbocycles. The van der Waals surface area contributed by atoms with Gasteiger partial charge in [-0.3, -0.25) is 81.5 Å². The first-order chi connectivity index (χ1) is 62.5. The SMILES string of the molecule is CC(=O)NC1C(OCCOCCOCCCC(=O)CCC(CCC(=O)CCCOCCOCCOC2OC(COC(C)=O)C(OC(C)=O)C(OC(C)=O)C2NC(C)=O)(CCC(=O)NCCOCCOCCOC2OC(COC(C)=O)C(OC(C)=O)C(OC(C)=O)C2NC(C)=O)NC(=O)CCCC(=O)Oc2c(F)c(F)c(F)c(F)c2F)OC(COC(C)=O)C(OC(C)=O)C1OC(C)=O. The van der Waals surface area contributed by atoms with Gasteiger partial charge < -0.3 is 131 Å². The Morgan fingerprint density at radius 2 is 0.606 bits per heavy atom. The summed E-state index contributed by atoms with van der Waals surface area (Å²) >= 11 is 0. The van der Waals surface area contributed by atoms with Gasteiger partial charge in [-0.2, -0.15) is 8.78 Å². The normalized spacial score (nSPS) is 22.0. The quantitative estimate of drug-likeness (QED) is 0.0118. The average molecular weight is 1910 g/mol. The molecule has 0 radical (unpaired) electrons. The Labute approximate surface area is 756 Å². The van der Waals surface area contributed by atoms with Gasteiger partial charge in [-0.25, -0.2) is 13.2 Å². The van der Waals surface area contributed by atoms with Crippen molar-refractivity contribution in [3.8, 4) is 5.75 Å². The molecule has 0 aromatic heterocycles. The Balaban J connectivity index is 1.46. The van der Waals surface area contributed by atoms with Crippen LogP contribution in [0.25, 0.3) is 0 Å². The van der Waals surface area contributed by atoms with Crippen molar-refractivity contribution >= 4 is 101 Å². The summed E-state index contributed by atoms with van der Waals surface area (Å²) in [6.45, 7) is 10.8. The minimum atomic E-state index is -2.52. The van der Waals surface area contributed by atoms with Gasteiger partial charge in [0, 0.05) is 153 Å². The highest BCUT2D eigenvalue weighted by atomic mass is 19.2. The van der Waals surface area contributed by atoms with E-state index in [0.717, 1.165) is 62.3 Å². The van der Waals surface area contributed by atoms with Crippen molar-refractivity contribution in [2.75, 3.05) is 125 Å². The fourth-order valence-corrected chi connectivity index (χ4v) is 13.5. The lowest BCUT2D eigenvalue weighted by Gasteiger charge is -2.44. The highest BCUT2D eigenvalue weighted by molar-refractivity contribution is 5.82. The number of halogens is 5. The maximum Gasteiger partial charge on any atom is 0.311 e. The van der Waals surface area contributed by atoms with Crippen LogP contribution in [0.3, 0.4) is 0 Å². The Morgan fingerprint density at radius 1 is 0.311 bits per heavy atom. The molecule has 132 heavy (non-hydrogen) atoms. The molecule has 0 bridgehead atoms. The fourth-order valence-electron chi connectivity index (χ4n) is 13.5. The van der Waals surface area contributed by atoms with Gasteiger partial charge in [0.15, 0.2) is 55.5 Å². The van der Waals surface area contributed by atoms with E-state index in [1.807, 2.05) is 0 Å². The van der Waals surface area contributed by atoms with Gasteiger partial charge in [-0.05, 0) is 38.5 Å². The first kappa shape index (κ1) is 114. The molecule has 15 atom stereocenters. The number of ketones is 2. The summed E-state index contributed by atoms with van der Waals surface area (Å²) in [7, 11) is 0. The monoisotopic (exact) mass is 1910 g/mol. The molecule has 44 nitrogen and oxygen atoms in total. The smallest absolute Gasteiger partial charge is 0.311 e. The van der Waals surface area contributed by atoms with Crippen LogP contribution >= 0.6 is 0 Å². The lowest BCUT2D eigenvalue weighted by atomic mass is 9.81. The van der Waals surface area contributed by atoms with Gasteiger partial charge in [0.05, 0.1) is 85.9 Å². The maximum absolute atomic E-state index is 14.5. The summed E-state index contributed by atoms with van der Waals surface area (Å²) in [4.78, 5) is 214. The number of carbonyl (C=O) groups excluding carboxylic acids is 17. The van der Waals surface area contributed by atoms with Gasteiger partial charge in [0.25, 0.3) is 0 Å². The highest BCUT2D eigenvalue weighted by Gasteiger charge is 2.55. The van der Waals surface area contributed by atoms with E-state index >= 15 is 0 Å². The van der Waals surface area contributed by atoms with Crippen LogP contribution in [0.2, 0.25) is 0 Å². The van der Waals surface area contributed by atoms with Gasteiger partial charge >= 0.3 is 59.7 Å². The van der Waals surface area contributed by atoms with Crippen LogP contribution in [-0.4, -0.2) is 324 Å². The summed E-state index contributed by atoms with van der Waals surface area (Å²) in [5.41, 5.74) is -1.58. The predicted octanol–water partition coefficient (Wildman–Crippen LogP) is 1.59. The molecule has 3 heterocycles. The minimum Gasteiger partial charge on any atom is -0.463 e. The summed E-state index contributed by atoms with van der Waals surface area (Å²) in [6, 6.07) is -3.72. The molecule has 0 saturated carbocycles. The van der Waals surface area contributed by atoms with Crippen LogP contribution in [0.1, 0.15) is 167 Å². The molecule has 5 N–H and O–H groups in total. The molecular weight excluding hydrogens is 1790 g/mol. The minimum absolute atomic E-state index is 0.00452. The van der Waals surface area contributed by atoms with Crippen LogP contribution in [0.5, 0.6) is 5.75 Å². The van der Waals surface area contributed by atoms with Gasteiger partial charge in [-0.1, -0.05) is 0 Å². The van der Waals surface area contributed by atoms with E-state index in [1.165, 1.54) is 20.8 Å². The number of amides is 5. The molecule has 5 amide bonds. The third-order valence-electron chi connectivity index (χ3n) is 19.1. The third-order valence-corrected chi connectivity index (χ3v) is 19.1. The number of hydrogen-bond donors (Lipinski definition) is 5. The Bertz CT molecular complexity index is 3640. The number of ether oxygens (including phenoxy) is 22. The standard InChI is InChI=1S/C83H120F5N5O39/c1-45(94)90-70-77(126-54(10)103)73(123-51(7)100)59(42-120-48(4)97)129-80(70)117-39-36-114-33-30-111-27-14-16-57(106)20-23-83(93-63(109)18-13-19-64(110)132-76-68(87)66(85)65(84)67(86)69(76)88,24-21-58(107)17-15-28-112-31-34-115-37-40-118-81-71(91-46(2)95)78(127-55(11)104)74(124-52(8)101)60(130-81)43-121-49(5)98)25-22-62(108)89-26-29-113-32-35-116-38-41-119-82-72(92-47(3)96)79(128-56(12)105)75(125-53(9)102)61(131-82)44-122-50(6)99/h59-61,70-75,77-82H,13-44H2,1-12H3,(H,89,108)(H,90,94)(H,91,95)(H,92,96)(H,93,109). The van der Waals surface area contributed by atoms with E-state index in [0.29, 0.717) is 0 Å². The van der Waals surface area contributed by atoms with Gasteiger partial charge in [0.1, 0.15) is 67.8 Å². The fraction of sp³-hybridized carbons (Fsp3) is 0.723. The van der Waals surface area contributed by atoms with Crippen molar-refractivity contribution in [1.82, 2.24) is 26.6 Å². The lowest BCUT2D eigenvalue weighted by molar-refractivity contribution is -0.279. The third kappa shape index (κ3) is 43.6. The molecule has 49 heteroatoms. The predicted molar refractivity (Wildman–Crippen MR) is 431 cm³/mol. The van der Waals surface area contributed by atoms with Crippen LogP contribution in [0.4, 0.5) is 22.0 Å². The first-order valence-electron chi connectivity index (χ1n) is 42.4. The molecule has 15 unspecified atom stereocenters. The highest BCUT2D eigenvalue weighted by Crippen LogP contribution is 2.35. The van der Waals surface area contributed by atoms with E-state index in [1.54, 1.807) is 0 Å². The van der Waals surface area contributed by atoms with Crippen LogP contribution in [0.15, 0.2) is 0 Å². The lowest BCUT2D eigenvalue weighted by Crippen LogP contribution is -2.66. The molecule has 0 spiro atoms. The number of benzene rings is 1. The molecule has 3 saturated heterocycles. The largest absolute Gasteiger partial charge is 0.463 e. The summed E-state index contributed by atoms with van der Waals surface area (Å²) < 4.78 is 193. The second-order valence-corrected chi connectivity index (χ2v) is 30.1. The summed E-state index contributed by atoms with van der Waals surface area (Å²) in [5.74, 6) is -26.6. The van der Waals surface area contributed by atoms with E-state index < -0.39 is 261 Å². The number of rotatable bonds is 62. The van der Waals surface area contributed by atoms with Crippen molar-refractivity contribution in [1.29, 1.82) is 0 Å². The zero-order valence-corrected chi connectivity index (χ0v) is 75.6. The van der Waals surface area contributed by atoms with Crippen molar-refractivity contribution in [2.24, 2.45) is 0 Å². The topological polar surface area (TPSA) is 553 Å². The summed E-state index contributed by atoms with van der Waals surface area (Å²) in [5, 5.41) is 13.3. The second kappa shape index (κ2) is 60.8. The van der Waals surface area contributed by atoms with E-state index in [-0.39, 0.29) is 181 Å². The number of hydrogen-bond acceptors (Lipinski definition) is 39. The molecule has 4 rings (SSSR count). The van der Waals surface area contributed by atoms with Crippen LogP contribution < -0.4 is 31.3 Å². The van der Waals surface area contributed by atoms with Crippen LogP contribution in [-0.2, 0) is 181 Å². The second-order valence-electron chi connectivity index (χ2n) is 30.1. The summed E-state index contributed by atoms with van der Waals surface area (Å²) in [6.07, 6.45) is -19.4. The number of Topliss-reactive ketones (excluding diaryl/α,β-unsaturated/α-hetero) is 2.